The molecule has 0 amide bonds. The van der Waals surface area contributed by atoms with Gasteiger partial charge >= 0.3 is 11.9 Å². The summed E-state index contributed by atoms with van der Waals surface area (Å²) in [7, 11) is 0. The number of aliphatic hydroxyl groups excluding tert-OH is 1. The minimum atomic E-state index is -1.42. The van der Waals surface area contributed by atoms with E-state index in [-0.39, 0.29) is 30.2 Å². The van der Waals surface area contributed by atoms with Gasteiger partial charge in [-0.2, -0.15) is 5.26 Å². The molecule has 148 valence electrons. The zero-order valence-electron chi connectivity index (χ0n) is 15.8. The van der Waals surface area contributed by atoms with Crippen LogP contribution in [0, 0.1) is 16.9 Å². The van der Waals surface area contributed by atoms with E-state index in [2.05, 4.69) is 15.9 Å². The van der Waals surface area contributed by atoms with Crippen molar-refractivity contribution in [3.05, 3.63) is 35.4 Å². The van der Waals surface area contributed by atoms with E-state index in [0.29, 0.717) is 5.56 Å². The Morgan fingerprint density at radius 1 is 1.15 bits per heavy atom. The first-order valence-corrected chi connectivity index (χ1v) is 9.24. The fraction of sp³-hybridized carbons (Fsp3) is 0.474. The van der Waals surface area contributed by atoms with E-state index < -0.39 is 17.4 Å². The van der Waals surface area contributed by atoms with E-state index in [4.69, 9.17) is 19.8 Å². The number of carbonyl (C=O) groups excluding carboxylic acids is 3. The van der Waals surface area contributed by atoms with Crippen LogP contribution < -0.4 is 0 Å². The zero-order valence-corrected chi connectivity index (χ0v) is 17.4. The molecule has 0 aliphatic heterocycles. The lowest BCUT2D eigenvalue weighted by atomic mass is 9.83. The summed E-state index contributed by atoms with van der Waals surface area (Å²) < 4.78 is 10.1. The van der Waals surface area contributed by atoms with E-state index in [1.54, 1.807) is 45.0 Å². The molecule has 1 aromatic rings. The molecule has 0 aliphatic carbocycles. The maximum Gasteiger partial charge on any atom is 0.323 e. The number of hydrogen-bond acceptors (Lipinski definition) is 7. The molecule has 0 saturated heterocycles. The van der Waals surface area contributed by atoms with Crippen LogP contribution in [0.4, 0.5) is 0 Å². The fourth-order valence-corrected chi connectivity index (χ4v) is 2.50. The Hall–Kier alpha value is -2.40. The number of halogens is 1. The number of nitrogens with zero attached hydrogens (tertiary/aromatic N) is 1. The van der Waals surface area contributed by atoms with E-state index in [9.17, 15) is 14.4 Å². The highest BCUT2D eigenvalue weighted by Gasteiger charge is 2.44. The molecule has 0 radical (unpaired) electrons. The van der Waals surface area contributed by atoms with Crippen LogP contribution in [0.2, 0.25) is 0 Å². The first-order chi connectivity index (χ1) is 12.7. The number of aliphatic hydroxyl groups is 1. The van der Waals surface area contributed by atoms with Gasteiger partial charge < -0.3 is 14.6 Å². The van der Waals surface area contributed by atoms with Gasteiger partial charge in [0.05, 0.1) is 18.0 Å². The molecule has 0 heterocycles. The highest BCUT2D eigenvalue weighted by Crippen LogP contribution is 2.27. The zero-order chi connectivity index (χ0) is 21.0. The number of ketones is 1. The summed E-state index contributed by atoms with van der Waals surface area (Å²) in [5.41, 5.74) is -0.102. The van der Waals surface area contributed by atoms with Gasteiger partial charge in [0.2, 0.25) is 0 Å². The summed E-state index contributed by atoms with van der Waals surface area (Å²) in [4.78, 5) is 36.2. The van der Waals surface area contributed by atoms with Gasteiger partial charge in [-0.15, -0.1) is 0 Å². The SMILES string of the molecule is CCOC(=O)C(C)(Cc1ccc(C(=O)C(C)Br)cc1)C(=O)OCC.N#CO. The summed E-state index contributed by atoms with van der Waals surface area (Å²) in [5.74, 6) is -1.25. The van der Waals surface area contributed by atoms with Gasteiger partial charge in [0, 0.05) is 5.56 Å². The Morgan fingerprint density at radius 3 is 1.89 bits per heavy atom. The van der Waals surface area contributed by atoms with Gasteiger partial charge in [-0.25, -0.2) is 0 Å². The Balaban J connectivity index is 0.00000210. The third-order valence-electron chi connectivity index (χ3n) is 3.61. The van der Waals surface area contributed by atoms with Crippen LogP contribution in [0.1, 0.15) is 43.6 Å². The minimum absolute atomic E-state index is 0.0277. The van der Waals surface area contributed by atoms with Gasteiger partial charge in [-0.3, -0.25) is 14.4 Å². The summed E-state index contributed by atoms with van der Waals surface area (Å²) in [6, 6.07) is 6.84. The molecule has 1 rings (SSSR count). The maximum absolute atomic E-state index is 12.3. The number of benzene rings is 1. The van der Waals surface area contributed by atoms with Crippen molar-refractivity contribution in [2.75, 3.05) is 13.2 Å². The number of esters is 2. The van der Waals surface area contributed by atoms with Crippen molar-refractivity contribution in [2.24, 2.45) is 5.41 Å². The third kappa shape index (κ3) is 7.39. The topological polar surface area (TPSA) is 114 Å². The molecule has 1 unspecified atom stereocenters. The van der Waals surface area contributed by atoms with Crippen molar-refractivity contribution in [1.82, 2.24) is 0 Å². The molecule has 1 atom stereocenters. The Kier molecular flexibility index (Phi) is 11.0. The van der Waals surface area contributed by atoms with Crippen LogP contribution >= 0.6 is 15.9 Å². The normalized spacial score (nSPS) is 11.3. The minimum Gasteiger partial charge on any atom is -0.465 e. The van der Waals surface area contributed by atoms with E-state index in [1.165, 1.54) is 6.92 Å². The van der Waals surface area contributed by atoms with Gasteiger partial charge in [0.1, 0.15) is 0 Å². The molecular formula is C19H24BrNO6. The summed E-state index contributed by atoms with van der Waals surface area (Å²) in [6.07, 6.45) is 0.892. The van der Waals surface area contributed by atoms with Crippen molar-refractivity contribution in [2.45, 2.75) is 38.9 Å². The van der Waals surface area contributed by atoms with Crippen LogP contribution in [0.15, 0.2) is 24.3 Å². The standard InChI is InChI=1S/C18H23BrO5.CHNO/c1-5-23-16(21)18(4,17(22)24-6-2)11-13-7-9-14(10-8-13)15(20)12(3)19;2-1-3/h7-10,12H,5-6,11H2,1-4H3;3H. The van der Waals surface area contributed by atoms with Crippen molar-refractivity contribution in [3.8, 4) is 6.26 Å². The molecule has 0 aromatic heterocycles. The quantitative estimate of drug-likeness (QED) is 0.216. The van der Waals surface area contributed by atoms with E-state index in [0.717, 1.165) is 11.8 Å². The highest BCUT2D eigenvalue weighted by atomic mass is 79.9. The lowest BCUT2D eigenvalue weighted by Gasteiger charge is -2.25. The third-order valence-corrected chi connectivity index (χ3v) is 4.03. The van der Waals surface area contributed by atoms with Crippen LogP contribution in [-0.2, 0) is 25.5 Å². The Bertz CT molecular complexity index is 660. The number of alkyl halides is 1. The number of nitriles is 1. The van der Waals surface area contributed by atoms with Crippen LogP contribution in [0.25, 0.3) is 0 Å². The number of Topliss-reactive ketones (excluding diaryl/α,β-unsaturated/α-hetero) is 1. The first-order valence-electron chi connectivity index (χ1n) is 8.32. The van der Waals surface area contributed by atoms with Crippen molar-refractivity contribution >= 4 is 33.7 Å². The molecule has 0 aliphatic rings. The second kappa shape index (κ2) is 12.1. The van der Waals surface area contributed by atoms with Crippen LogP contribution in [0.3, 0.4) is 0 Å². The number of rotatable bonds is 8. The molecule has 7 nitrogen and oxygen atoms in total. The fourth-order valence-electron chi connectivity index (χ4n) is 2.23. The van der Waals surface area contributed by atoms with Crippen molar-refractivity contribution in [1.29, 1.82) is 5.26 Å². The monoisotopic (exact) mass is 441 g/mol. The van der Waals surface area contributed by atoms with Gasteiger partial charge in [-0.1, -0.05) is 40.2 Å². The average Bonchev–Trinajstić information content (AvgIpc) is 2.62. The lowest BCUT2D eigenvalue weighted by Crippen LogP contribution is -2.41. The van der Waals surface area contributed by atoms with Crippen LogP contribution in [0.5, 0.6) is 0 Å². The molecule has 0 saturated carbocycles. The van der Waals surface area contributed by atoms with Gasteiger partial charge in [-0.05, 0) is 39.7 Å². The summed E-state index contributed by atoms with van der Waals surface area (Å²) in [5, 5.41) is 13.8. The molecular weight excluding hydrogens is 418 g/mol. The second-order valence-electron chi connectivity index (χ2n) is 5.73. The molecule has 8 heteroatoms. The molecule has 1 N–H and O–H groups in total. The van der Waals surface area contributed by atoms with Gasteiger partial charge in [0.15, 0.2) is 11.2 Å². The summed E-state index contributed by atoms with van der Waals surface area (Å²) >= 11 is 3.24. The van der Waals surface area contributed by atoms with E-state index in [1.807, 2.05) is 0 Å². The molecule has 1 aromatic carbocycles. The predicted octanol–water partition coefficient (Wildman–Crippen LogP) is 3.17. The maximum atomic E-state index is 12.3. The Labute approximate surface area is 167 Å². The molecule has 27 heavy (non-hydrogen) atoms. The highest BCUT2D eigenvalue weighted by molar-refractivity contribution is 9.10. The molecule has 0 spiro atoms. The molecule has 0 fully saturated rings. The van der Waals surface area contributed by atoms with Crippen molar-refractivity contribution in [3.63, 3.8) is 0 Å². The lowest BCUT2D eigenvalue weighted by molar-refractivity contribution is -0.170. The second-order valence-corrected chi connectivity index (χ2v) is 7.10. The van der Waals surface area contributed by atoms with E-state index >= 15 is 0 Å². The average molecular weight is 442 g/mol. The smallest absolute Gasteiger partial charge is 0.323 e. The number of hydrogen-bond donors (Lipinski definition) is 1. The summed E-state index contributed by atoms with van der Waals surface area (Å²) in [6.45, 7) is 7.02. The van der Waals surface area contributed by atoms with Gasteiger partial charge in [0.25, 0.3) is 6.26 Å². The predicted molar refractivity (Wildman–Crippen MR) is 102 cm³/mol. The number of carbonyl (C=O) groups is 3. The Morgan fingerprint density at radius 2 is 1.56 bits per heavy atom. The number of ether oxygens (including phenoxy) is 2. The first kappa shape index (κ1) is 24.6. The molecule has 0 bridgehead atoms. The largest absolute Gasteiger partial charge is 0.465 e. The van der Waals surface area contributed by atoms with Crippen molar-refractivity contribution < 1.29 is 29.0 Å². The van der Waals surface area contributed by atoms with Crippen LogP contribution in [-0.4, -0.2) is 40.9 Å².